The molecule has 0 saturated carbocycles. The van der Waals surface area contributed by atoms with E-state index < -0.39 is 6.10 Å². The first kappa shape index (κ1) is 47.9. The molecule has 0 spiro atoms. The zero-order valence-electron chi connectivity index (χ0n) is 33.2. The van der Waals surface area contributed by atoms with Crippen LogP contribution < -0.4 is 0 Å². The van der Waals surface area contributed by atoms with Crippen LogP contribution in [0.3, 0.4) is 0 Å². The van der Waals surface area contributed by atoms with Crippen molar-refractivity contribution in [1.29, 1.82) is 0 Å². The number of aliphatic hydroxyl groups excluding tert-OH is 1. The van der Waals surface area contributed by atoms with Gasteiger partial charge in [0, 0.05) is 13.0 Å². The Bertz CT molecular complexity index is 688. The standard InChI is InChI=1S/C45H86O4/c1-3-5-7-9-11-13-15-17-19-20-21-22-23-24-25-26-27-28-30-32-34-36-38-40-45(47)49-44(42-46)43-48-41-39-37-35-33-31-29-18-16-14-12-10-8-6-4-2/h14,16,20-21,44,46H,3-13,15,17-19,22-43H2,1-2H3/b16-14-,21-20-. The Hall–Kier alpha value is -1.13. The summed E-state index contributed by atoms with van der Waals surface area (Å²) in [4.78, 5) is 12.2. The van der Waals surface area contributed by atoms with Crippen molar-refractivity contribution >= 4 is 5.97 Å². The van der Waals surface area contributed by atoms with Crippen LogP contribution in [-0.2, 0) is 14.3 Å². The second kappa shape index (κ2) is 43.0. The molecule has 4 heteroatoms. The highest BCUT2D eigenvalue weighted by Gasteiger charge is 2.13. The lowest BCUT2D eigenvalue weighted by molar-refractivity contribution is -0.154. The Morgan fingerprint density at radius 1 is 0.469 bits per heavy atom. The number of aliphatic hydroxyl groups is 1. The number of allylic oxidation sites excluding steroid dienone is 4. The summed E-state index contributed by atoms with van der Waals surface area (Å²) in [6, 6.07) is 0. The Labute approximate surface area is 307 Å². The molecule has 0 aromatic heterocycles. The molecule has 0 heterocycles. The van der Waals surface area contributed by atoms with Gasteiger partial charge in [0.1, 0.15) is 6.10 Å². The summed E-state index contributed by atoms with van der Waals surface area (Å²) in [5, 5.41) is 9.59. The highest BCUT2D eigenvalue weighted by atomic mass is 16.6. The third-order valence-corrected chi connectivity index (χ3v) is 9.75. The van der Waals surface area contributed by atoms with Gasteiger partial charge < -0.3 is 14.6 Å². The molecule has 0 bridgehead atoms. The van der Waals surface area contributed by atoms with Crippen molar-refractivity contribution in [3.8, 4) is 0 Å². The van der Waals surface area contributed by atoms with Gasteiger partial charge in [-0.1, -0.05) is 186 Å². The Morgan fingerprint density at radius 3 is 1.18 bits per heavy atom. The van der Waals surface area contributed by atoms with Crippen LogP contribution in [0, 0.1) is 0 Å². The summed E-state index contributed by atoms with van der Waals surface area (Å²) < 4.78 is 11.2. The third kappa shape index (κ3) is 41.2. The molecule has 1 N–H and O–H groups in total. The van der Waals surface area contributed by atoms with Crippen molar-refractivity contribution in [2.24, 2.45) is 0 Å². The van der Waals surface area contributed by atoms with Crippen molar-refractivity contribution in [3.63, 3.8) is 0 Å². The number of esters is 1. The quantitative estimate of drug-likeness (QED) is 0.0394. The number of hydrogen-bond acceptors (Lipinski definition) is 4. The van der Waals surface area contributed by atoms with E-state index in [9.17, 15) is 9.90 Å². The first-order chi connectivity index (χ1) is 24.2. The van der Waals surface area contributed by atoms with Gasteiger partial charge in [0.25, 0.3) is 0 Å². The fraction of sp³-hybridized carbons (Fsp3) is 0.889. The number of hydrogen-bond donors (Lipinski definition) is 1. The van der Waals surface area contributed by atoms with E-state index in [0.29, 0.717) is 19.6 Å². The van der Waals surface area contributed by atoms with E-state index in [1.54, 1.807) is 0 Å². The minimum Gasteiger partial charge on any atom is -0.457 e. The zero-order chi connectivity index (χ0) is 35.6. The van der Waals surface area contributed by atoms with E-state index in [1.807, 2.05) is 0 Å². The predicted octanol–water partition coefficient (Wildman–Crippen LogP) is 14.3. The first-order valence-corrected chi connectivity index (χ1v) is 21.9. The molecule has 0 aromatic carbocycles. The van der Waals surface area contributed by atoms with Gasteiger partial charge in [-0.25, -0.2) is 0 Å². The monoisotopic (exact) mass is 691 g/mol. The minimum atomic E-state index is -0.534. The van der Waals surface area contributed by atoms with E-state index in [0.717, 1.165) is 19.3 Å². The smallest absolute Gasteiger partial charge is 0.306 e. The summed E-state index contributed by atoms with van der Waals surface area (Å²) in [6.07, 6.45) is 52.4. The van der Waals surface area contributed by atoms with Crippen molar-refractivity contribution in [1.82, 2.24) is 0 Å². The second-order valence-electron chi connectivity index (χ2n) is 14.8. The van der Waals surface area contributed by atoms with Gasteiger partial charge in [0.05, 0.1) is 13.2 Å². The number of rotatable bonds is 41. The Morgan fingerprint density at radius 2 is 0.796 bits per heavy atom. The third-order valence-electron chi connectivity index (χ3n) is 9.75. The molecule has 0 aromatic rings. The molecule has 0 saturated heterocycles. The van der Waals surface area contributed by atoms with Gasteiger partial charge in [-0.3, -0.25) is 4.79 Å². The molecular formula is C45H86O4. The topological polar surface area (TPSA) is 55.8 Å². The molecule has 0 aliphatic heterocycles. The van der Waals surface area contributed by atoms with Gasteiger partial charge >= 0.3 is 5.97 Å². The Balaban J connectivity index is 3.39. The van der Waals surface area contributed by atoms with Gasteiger partial charge in [0.15, 0.2) is 0 Å². The normalized spacial score (nSPS) is 12.5. The predicted molar refractivity (Wildman–Crippen MR) is 214 cm³/mol. The van der Waals surface area contributed by atoms with Gasteiger partial charge in [-0.2, -0.15) is 0 Å². The number of carbonyl (C=O) groups is 1. The summed E-state index contributed by atoms with van der Waals surface area (Å²) in [5.74, 6) is -0.201. The fourth-order valence-corrected chi connectivity index (χ4v) is 6.44. The molecule has 0 fully saturated rings. The average Bonchev–Trinajstić information content (AvgIpc) is 3.11. The molecule has 0 radical (unpaired) electrons. The summed E-state index contributed by atoms with van der Waals surface area (Å²) in [6.45, 7) is 5.35. The van der Waals surface area contributed by atoms with Gasteiger partial charge in [-0.05, 0) is 64.2 Å². The molecule has 0 aliphatic carbocycles. The van der Waals surface area contributed by atoms with Crippen molar-refractivity contribution in [3.05, 3.63) is 24.3 Å². The van der Waals surface area contributed by atoms with E-state index in [2.05, 4.69) is 38.2 Å². The SMILES string of the molecule is CCCCCC/C=C\CCCCCCCCOCC(CO)OC(=O)CCCCCCCCCCCCC/C=C\CCCCCCCCCC. The van der Waals surface area contributed by atoms with Crippen LogP contribution in [0.4, 0.5) is 0 Å². The lowest BCUT2D eigenvalue weighted by Crippen LogP contribution is -2.27. The van der Waals surface area contributed by atoms with Crippen LogP contribution in [0.5, 0.6) is 0 Å². The molecule has 0 amide bonds. The molecular weight excluding hydrogens is 604 g/mol. The molecule has 290 valence electrons. The summed E-state index contributed by atoms with van der Waals surface area (Å²) in [5.41, 5.74) is 0. The molecule has 0 rings (SSSR count). The Kier molecular flexibility index (Phi) is 42.0. The second-order valence-corrected chi connectivity index (χ2v) is 14.8. The number of unbranched alkanes of at least 4 members (excludes halogenated alkanes) is 29. The molecule has 4 nitrogen and oxygen atoms in total. The summed E-state index contributed by atoms with van der Waals surface area (Å²) >= 11 is 0. The fourth-order valence-electron chi connectivity index (χ4n) is 6.44. The van der Waals surface area contributed by atoms with Crippen LogP contribution >= 0.6 is 0 Å². The average molecular weight is 691 g/mol. The highest BCUT2D eigenvalue weighted by molar-refractivity contribution is 5.69. The van der Waals surface area contributed by atoms with Crippen molar-refractivity contribution in [2.75, 3.05) is 19.8 Å². The largest absolute Gasteiger partial charge is 0.457 e. The van der Waals surface area contributed by atoms with E-state index in [4.69, 9.17) is 9.47 Å². The maximum absolute atomic E-state index is 12.2. The summed E-state index contributed by atoms with van der Waals surface area (Å²) in [7, 11) is 0. The maximum atomic E-state index is 12.2. The maximum Gasteiger partial charge on any atom is 0.306 e. The van der Waals surface area contributed by atoms with Crippen molar-refractivity contribution in [2.45, 2.75) is 238 Å². The number of carbonyl (C=O) groups excluding carboxylic acids is 1. The molecule has 1 unspecified atom stereocenters. The van der Waals surface area contributed by atoms with Crippen molar-refractivity contribution < 1.29 is 19.4 Å². The molecule has 49 heavy (non-hydrogen) atoms. The van der Waals surface area contributed by atoms with E-state index in [-0.39, 0.29) is 12.6 Å². The van der Waals surface area contributed by atoms with Crippen LogP contribution in [0.1, 0.15) is 232 Å². The van der Waals surface area contributed by atoms with Gasteiger partial charge in [0.2, 0.25) is 0 Å². The lowest BCUT2D eigenvalue weighted by atomic mass is 10.0. The minimum absolute atomic E-state index is 0.171. The molecule has 0 aliphatic rings. The highest BCUT2D eigenvalue weighted by Crippen LogP contribution is 2.14. The van der Waals surface area contributed by atoms with Crippen LogP contribution in [-0.4, -0.2) is 37.0 Å². The van der Waals surface area contributed by atoms with Crippen LogP contribution in [0.15, 0.2) is 24.3 Å². The first-order valence-electron chi connectivity index (χ1n) is 21.9. The zero-order valence-corrected chi connectivity index (χ0v) is 33.2. The number of ether oxygens (including phenoxy) is 2. The van der Waals surface area contributed by atoms with Crippen LogP contribution in [0.25, 0.3) is 0 Å². The van der Waals surface area contributed by atoms with Crippen LogP contribution in [0.2, 0.25) is 0 Å². The van der Waals surface area contributed by atoms with E-state index >= 15 is 0 Å². The van der Waals surface area contributed by atoms with Gasteiger partial charge in [-0.15, -0.1) is 0 Å². The molecule has 1 atom stereocenters. The lowest BCUT2D eigenvalue weighted by Gasteiger charge is -2.15. The van der Waals surface area contributed by atoms with E-state index in [1.165, 1.54) is 193 Å².